The summed E-state index contributed by atoms with van der Waals surface area (Å²) in [5.74, 6) is 0. The first-order valence-corrected chi connectivity index (χ1v) is 7.23. The van der Waals surface area contributed by atoms with Crippen LogP contribution in [0.1, 0.15) is 42.4 Å². The second kappa shape index (κ2) is 5.51. The molecule has 5 nitrogen and oxygen atoms in total. The lowest BCUT2D eigenvalue weighted by Crippen LogP contribution is -2.40. The summed E-state index contributed by atoms with van der Waals surface area (Å²) in [5, 5.41) is 38.0. The number of hydrogen-bond acceptors (Lipinski definition) is 5. The quantitative estimate of drug-likeness (QED) is 0.742. The van der Waals surface area contributed by atoms with Crippen molar-refractivity contribution in [1.29, 1.82) is 0 Å². The highest BCUT2D eigenvalue weighted by molar-refractivity contribution is 5.61. The van der Waals surface area contributed by atoms with Gasteiger partial charge in [-0.1, -0.05) is 12.1 Å². The van der Waals surface area contributed by atoms with Crippen LogP contribution in [-0.2, 0) is 6.18 Å². The van der Waals surface area contributed by atoms with E-state index in [0.717, 1.165) is 12.1 Å². The molecule has 128 valence electrons. The van der Waals surface area contributed by atoms with Crippen LogP contribution in [0.3, 0.4) is 0 Å². The van der Waals surface area contributed by atoms with Gasteiger partial charge in [0, 0.05) is 17.5 Å². The van der Waals surface area contributed by atoms with Crippen LogP contribution in [0.2, 0.25) is 0 Å². The van der Waals surface area contributed by atoms with E-state index in [2.05, 4.69) is 10.2 Å². The Morgan fingerprint density at radius 3 is 2.54 bits per heavy atom. The molecule has 1 aliphatic carbocycles. The molecular formula is C16H15F3N2O3. The van der Waals surface area contributed by atoms with Crippen molar-refractivity contribution in [2.45, 2.75) is 37.3 Å². The minimum absolute atomic E-state index is 0.0227. The molecule has 0 bridgehead atoms. The Labute approximate surface area is 135 Å². The minimum Gasteiger partial charge on any atom is -0.388 e. The van der Waals surface area contributed by atoms with Crippen molar-refractivity contribution in [1.82, 2.24) is 10.2 Å². The molecule has 24 heavy (non-hydrogen) atoms. The average molecular weight is 340 g/mol. The summed E-state index contributed by atoms with van der Waals surface area (Å²) in [5.41, 5.74) is -1.76. The van der Waals surface area contributed by atoms with Gasteiger partial charge in [-0.2, -0.15) is 23.4 Å². The number of rotatable bonds is 1. The number of hydrogen-bond donors (Lipinski definition) is 3. The molecule has 0 radical (unpaired) electrons. The minimum atomic E-state index is -4.48. The van der Waals surface area contributed by atoms with E-state index >= 15 is 0 Å². The standard InChI is InChI=1S/C16H15F3N2O3/c1-15(24)7-12(22)10-6-11(20-21-13(10)14(15)23)8-3-2-4-9(5-8)16(17,18)19/h2-6,12,14,22-24H,7H2,1H3. The molecule has 0 spiro atoms. The SMILES string of the molecule is CC1(O)CC(O)c2cc(-c3cccc(C(F)(F)F)c3)nnc2C1O. The Morgan fingerprint density at radius 2 is 1.88 bits per heavy atom. The second-order valence-corrected chi connectivity index (χ2v) is 6.13. The van der Waals surface area contributed by atoms with Gasteiger partial charge < -0.3 is 15.3 Å². The number of aliphatic hydroxyl groups is 3. The number of halogens is 3. The van der Waals surface area contributed by atoms with Crippen molar-refractivity contribution in [2.75, 3.05) is 0 Å². The topological polar surface area (TPSA) is 86.5 Å². The third kappa shape index (κ3) is 2.88. The van der Waals surface area contributed by atoms with Crippen molar-refractivity contribution in [2.24, 2.45) is 0 Å². The van der Waals surface area contributed by atoms with Gasteiger partial charge in [0.25, 0.3) is 0 Å². The van der Waals surface area contributed by atoms with E-state index in [1.54, 1.807) is 0 Å². The van der Waals surface area contributed by atoms with Crippen LogP contribution in [0.25, 0.3) is 11.3 Å². The molecule has 3 unspecified atom stereocenters. The monoisotopic (exact) mass is 340 g/mol. The number of alkyl halides is 3. The normalized spacial score (nSPS) is 27.0. The predicted molar refractivity (Wildman–Crippen MR) is 77.6 cm³/mol. The van der Waals surface area contributed by atoms with Gasteiger partial charge in [0.1, 0.15) is 11.8 Å². The lowest BCUT2D eigenvalue weighted by atomic mass is 9.80. The Morgan fingerprint density at radius 1 is 1.17 bits per heavy atom. The molecule has 0 aliphatic heterocycles. The van der Waals surface area contributed by atoms with Crippen molar-refractivity contribution in [3.05, 3.63) is 47.2 Å². The first-order valence-electron chi connectivity index (χ1n) is 7.23. The number of fused-ring (bicyclic) bond motifs is 1. The third-order valence-electron chi connectivity index (χ3n) is 4.15. The molecule has 8 heteroatoms. The molecule has 1 aliphatic rings. The molecule has 0 saturated heterocycles. The number of aromatic nitrogens is 2. The zero-order valence-corrected chi connectivity index (χ0v) is 12.6. The van der Waals surface area contributed by atoms with E-state index in [9.17, 15) is 28.5 Å². The van der Waals surface area contributed by atoms with Crippen LogP contribution in [0, 0.1) is 0 Å². The van der Waals surface area contributed by atoms with Crippen molar-refractivity contribution in [3.63, 3.8) is 0 Å². The second-order valence-electron chi connectivity index (χ2n) is 6.13. The van der Waals surface area contributed by atoms with Gasteiger partial charge in [0.2, 0.25) is 0 Å². The van der Waals surface area contributed by atoms with Crippen molar-refractivity contribution in [3.8, 4) is 11.3 Å². The molecule has 1 heterocycles. The summed E-state index contributed by atoms with van der Waals surface area (Å²) in [6, 6.07) is 5.99. The maximum atomic E-state index is 12.8. The average Bonchev–Trinajstić information content (AvgIpc) is 2.51. The molecule has 3 atom stereocenters. The van der Waals surface area contributed by atoms with Crippen LogP contribution in [0.4, 0.5) is 13.2 Å². The van der Waals surface area contributed by atoms with Crippen molar-refractivity contribution >= 4 is 0 Å². The Kier molecular flexibility index (Phi) is 3.86. The van der Waals surface area contributed by atoms with Gasteiger partial charge in [-0.05, 0) is 25.1 Å². The van der Waals surface area contributed by atoms with Crippen LogP contribution in [0.15, 0.2) is 30.3 Å². The summed E-state index contributed by atoms with van der Waals surface area (Å²) in [4.78, 5) is 0. The van der Waals surface area contributed by atoms with Crippen LogP contribution < -0.4 is 0 Å². The fourth-order valence-corrected chi connectivity index (χ4v) is 2.80. The zero-order chi connectivity index (χ0) is 17.7. The van der Waals surface area contributed by atoms with E-state index in [4.69, 9.17) is 0 Å². The molecule has 1 aromatic heterocycles. The highest BCUT2D eigenvalue weighted by atomic mass is 19.4. The Bertz CT molecular complexity index is 777. The van der Waals surface area contributed by atoms with Gasteiger partial charge in [0.15, 0.2) is 0 Å². The summed E-state index contributed by atoms with van der Waals surface area (Å²) in [6.45, 7) is 1.37. The lowest BCUT2D eigenvalue weighted by molar-refractivity contribution is -0.137. The van der Waals surface area contributed by atoms with E-state index in [1.807, 2.05) is 0 Å². The largest absolute Gasteiger partial charge is 0.416 e. The summed E-state index contributed by atoms with van der Waals surface area (Å²) in [7, 11) is 0. The highest BCUT2D eigenvalue weighted by Crippen LogP contribution is 2.42. The fourth-order valence-electron chi connectivity index (χ4n) is 2.80. The fraction of sp³-hybridized carbons (Fsp3) is 0.375. The molecular weight excluding hydrogens is 325 g/mol. The molecule has 0 amide bonds. The van der Waals surface area contributed by atoms with Gasteiger partial charge in [-0.15, -0.1) is 0 Å². The maximum Gasteiger partial charge on any atom is 0.416 e. The summed E-state index contributed by atoms with van der Waals surface area (Å²) < 4.78 is 38.5. The number of aliphatic hydroxyl groups excluding tert-OH is 2. The first kappa shape index (κ1) is 16.8. The van der Waals surface area contributed by atoms with E-state index in [-0.39, 0.29) is 28.9 Å². The summed E-state index contributed by atoms with van der Waals surface area (Å²) in [6.07, 6.45) is -7.03. The smallest absolute Gasteiger partial charge is 0.388 e. The molecule has 0 fully saturated rings. The summed E-state index contributed by atoms with van der Waals surface area (Å²) >= 11 is 0. The zero-order valence-electron chi connectivity index (χ0n) is 12.6. The Hall–Kier alpha value is -2.03. The molecule has 3 N–H and O–H groups in total. The van der Waals surface area contributed by atoms with Gasteiger partial charge in [-0.3, -0.25) is 0 Å². The predicted octanol–water partition coefficient (Wildman–Crippen LogP) is 2.38. The van der Waals surface area contributed by atoms with E-state index < -0.39 is 29.5 Å². The van der Waals surface area contributed by atoms with Gasteiger partial charge in [-0.25, -0.2) is 0 Å². The lowest BCUT2D eigenvalue weighted by Gasteiger charge is -2.36. The van der Waals surface area contributed by atoms with Crippen LogP contribution in [0.5, 0.6) is 0 Å². The maximum absolute atomic E-state index is 12.8. The van der Waals surface area contributed by atoms with Crippen molar-refractivity contribution < 1.29 is 28.5 Å². The first-order chi connectivity index (χ1) is 11.1. The van der Waals surface area contributed by atoms with E-state index in [1.165, 1.54) is 25.1 Å². The van der Waals surface area contributed by atoms with Crippen LogP contribution in [-0.4, -0.2) is 31.1 Å². The molecule has 3 rings (SSSR count). The van der Waals surface area contributed by atoms with Gasteiger partial charge in [0.05, 0.1) is 23.0 Å². The van der Waals surface area contributed by atoms with Gasteiger partial charge >= 0.3 is 6.18 Å². The molecule has 0 saturated carbocycles. The molecule has 2 aromatic rings. The highest BCUT2D eigenvalue weighted by Gasteiger charge is 2.42. The number of benzene rings is 1. The number of nitrogens with zero attached hydrogens (tertiary/aromatic N) is 2. The van der Waals surface area contributed by atoms with Crippen LogP contribution >= 0.6 is 0 Å². The third-order valence-corrected chi connectivity index (χ3v) is 4.15. The van der Waals surface area contributed by atoms with E-state index in [0.29, 0.717) is 0 Å². The Balaban J connectivity index is 2.06. The molecule has 1 aromatic carbocycles.